The van der Waals surface area contributed by atoms with E-state index in [4.69, 9.17) is 4.74 Å². The number of ether oxygens (including phenoxy) is 1. The molecule has 0 saturated carbocycles. The summed E-state index contributed by atoms with van der Waals surface area (Å²) in [5, 5.41) is 0.828. The van der Waals surface area contributed by atoms with Crippen LogP contribution in [0.5, 0.6) is 0 Å². The second-order valence-electron chi connectivity index (χ2n) is 4.99. The predicted octanol–water partition coefficient (Wildman–Crippen LogP) is 2.46. The van der Waals surface area contributed by atoms with Crippen LogP contribution in [0.4, 0.5) is 0 Å². The molecule has 2 aliphatic heterocycles. The maximum absolute atomic E-state index is 11.9. The zero-order valence-electron chi connectivity index (χ0n) is 11.8. The predicted molar refractivity (Wildman–Crippen MR) is 85.3 cm³/mol. The number of amides is 1. The van der Waals surface area contributed by atoms with E-state index in [1.165, 1.54) is 17.3 Å². The molecule has 2 heterocycles. The van der Waals surface area contributed by atoms with Crippen LogP contribution in [-0.2, 0) is 16.0 Å². The maximum atomic E-state index is 11.9. The van der Waals surface area contributed by atoms with Gasteiger partial charge in [0.05, 0.1) is 18.1 Å². The molecule has 110 valence electrons. The molecule has 4 nitrogen and oxygen atoms in total. The number of nitrogens with zero attached hydrogens (tertiary/aromatic N) is 2. The molecular weight excluding hydrogens is 284 g/mol. The molecule has 1 aromatic rings. The molecule has 0 radical (unpaired) electrons. The molecule has 0 bridgehead atoms. The third-order valence-corrected chi connectivity index (χ3v) is 4.59. The van der Waals surface area contributed by atoms with Crippen LogP contribution < -0.4 is 0 Å². The van der Waals surface area contributed by atoms with Crippen molar-refractivity contribution in [2.45, 2.75) is 12.8 Å². The van der Waals surface area contributed by atoms with Gasteiger partial charge in [0.25, 0.3) is 5.91 Å². The van der Waals surface area contributed by atoms with Crippen LogP contribution in [0.2, 0.25) is 0 Å². The zero-order valence-corrected chi connectivity index (χ0v) is 12.6. The van der Waals surface area contributed by atoms with E-state index >= 15 is 0 Å². The van der Waals surface area contributed by atoms with Crippen LogP contribution in [0, 0.1) is 0 Å². The minimum absolute atomic E-state index is 0.102. The Hall–Kier alpha value is -1.59. The second-order valence-corrected chi connectivity index (χ2v) is 6.00. The third-order valence-electron chi connectivity index (χ3n) is 3.50. The molecule has 0 aliphatic carbocycles. The summed E-state index contributed by atoms with van der Waals surface area (Å²) in [6.45, 7) is 3.05. The van der Waals surface area contributed by atoms with Crippen LogP contribution in [0.15, 0.2) is 46.3 Å². The molecule has 1 amide bonds. The summed E-state index contributed by atoms with van der Waals surface area (Å²) in [5.74, 6) is -0.102. The van der Waals surface area contributed by atoms with Gasteiger partial charge in [-0.1, -0.05) is 36.4 Å². The van der Waals surface area contributed by atoms with Crippen LogP contribution in [0.25, 0.3) is 0 Å². The summed E-state index contributed by atoms with van der Waals surface area (Å²) in [4.78, 5) is 19.0. The number of hydrogen-bond donors (Lipinski definition) is 0. The monoisotopic (exact) mass is 302 g/mol. The van der Waals surface area contributed by atoms with Crippen LogP contribution in [0.1, 0.15) is 12.0 Å². The fourth-order valence-electron chi connectivity index (χ4n) is 2.34. The van der Waals surface area contributed by atoms with Gasteiger partial charge < -0.3 is 9.64 Å². The van der Waals surface area contributed by atoms with E-state index in [1.54, 1.807) is 0 Å². The van der Waals surface area contributed by atoms with E-state index in [1.807, 2.05) is 24.3 Å². The topological polar surface area (TPSA) is 41.9 Å². The largest absolute Gasteiger partial charge is 0.378 e. The summed E-state index contributed by atoms with van der Waals surface area (Å²) < 4.78 is 5.32. The number of carbonyl (C=O) groups excluding carboxylic acids is 1. The average Bonchev–Trinajstić information content (AvgIpc) is 2.91. The fraction of sp³-hybridized carbons (Fsp3) is 0.375. The number of allylic oxidation sites excluding steroid dienone is 1. The van der Waals surface area contributed by atoms with Crippen LogP contribution >= 0.6 is 11.8 Å². The molecule has 21 heavy (non-hydrogen) atoms. The molecule has 0 spiro atoms. The molecule has 0 N–H and O–H groups in total. The van der Waals surface area contributed by atoms with Gasteiger partial charge >= 0.3 is 0 Å². The molecule has 1 fully saturated rings. The number of aryl methyl sites for hydroxylation is 1. The number of thioether (sulfide) groups is 1. The summed E-state index contributed by atoms with van der Waals surface area (Å²) >= 11 is 1.49. The Balaban J connectivity index is 1.55. The van der Waals surface area contributed by atoms with E-state index in [-0.39, 0.29) is 5.91 Å². The van der Waals surface area contributed by atoms with Crippen molar-refractivity contribution in [2.24, 2.45) is 4.99 Å². The lowest BCUT2D eigenvalue weighted by atomic mass is 10.1. The number of hydrogen-bond acceptors (Lipinski definition) is 4. The van der Waals surface area contributed by atoms with Gasteiger partial charge in [-0.2, -0.15) is 4.99 Å². The summed E-state index contributed by atoms with van der Waals surface area (Å²) in [7, 11) is 0. The second kappa shape index (κ2) is 6.91. The number of carbonyl (C=O) groups is 1. The molecule has 5 heteroatoms. The average molecular weight is 302 g/mol. The molecule has 2 aliphatic rings. The molecule has 0 unspecified atom stereocenters. The smallest absolute Gasteiger partial charge is 0.285 e. The Bertz CT molecular complexity index is 563. The Morgan fingerprint density at radius 2 is 2.00 bits per heavy atom. The third kappa shape index (κ3) is 3.74. The highest BCUT2D eigenvalue weighted by Crippen LogP contribution is 2.29. The highest BCUT2D eigenvalue weighted by atomic mass is 32.2. The number of rotatable bonds is 3. The van der Waals surface area contributed by atoms with Gasteiger partial charge in [-0.25, -0.2) is 0 Å². The van der Waals surface area contributed by atoms with E-state index in [0.717, 1.165) is 36.0 Å². The van der Waals surface area contributed by atoms with Crippen molar-refractivity contribution in [3.63, 3.8) is 0 Å². The molecule has 0 aromatic heterocycles. The first kappa shape index (κ1) is 14.4. The Morgan fingerprint density at radius 3 is 2.76 bits per heavy atom. The standard InChI is InChI=1S/C16H18N2O2S/c19-15-14(8-4-7-13-5-2-1-3-6-13)21-16(17-15)18-9-11-20-12-10-18/h1-3,5-6,8H,4,7,9-12H2. The molecule has 0 atom stereocenters. The molecule has 3 rings (SSSR count). The van der Waals surface area contributed by atoms with Crippen molar-refractivity contribution in [3.05, 3.63) is 46.9 Å². The molecule has 1 aromatic carbocycles. The Labute approximate surface area is 128 Å². The minimum atomic E-state index is -0.102. The van der Waals surface area contributed by atoms with E-state index < -0.39 is 0 Å². The number of aliphatic imine (C=N–C) groups is 1. The van der Waals surface area contributed by atoms with Crippen LogP contribution in [0.3, 0.4) is 0 Å². The van der Waals surface area contributed by atoms with Crippen molar-refractivity contribution >= 4 is 22.8 Å². The lowest BCUT2D eigenvalue weighted by Gasteiger charge is -2.27. The van der Waals surface area contributed by atoms with Crippen LogP contribution in [-0.4, -0.2) is 42.3 Å². The van der Waals surface area contributed by atoms with Crippen molar-refractivity contribution < 1.29 is 9.53 Å². The first-order chi connectivity index (χ1) is 10.3. The number of amidine groups is 1. The van der Waals surface area contributed by atoms with E-state index in [9.17, 15) is 4.79 Å². The minimum Gasteiger partial charge on any atom is -0.378 e. The first-order valence-electron chi connectivity index (χ1n) is 7.20. The quantitative estimate of drug-likeness (QED) is 0.804. The first-order valence-corrected chi connectivity index (χ1v) is 8.02. The highest BCUT2D eigenvalue weighted by Gasteiger charge is 2.26. The lowest BCUT2D eigenvalue weighted by Crippen LogP contribution is -2.38. The van der Waals surface area contributed by atoms with Crippen molar-refractivity contribution in [3.8, 4) is 0 Å². The van der Waals surface area contributed by atoms with Gasteiger partial charge in [-0.15, -0.1) is 0 Å². The lowest BCUT2D eigenvalue weighted by molar-refractivity contribution is -0.113. The Kier molecular flexibility index (Phi) is 4.72. The molecule has 1 saturated heterocycles. The molecular formula is C16H18N2O2S. The summed E-state index contributed by atoms with van der Waals surface area (Å²) in [5.41, 5.74) is 1.29. The van der Waals surface area contributed by atoms with Gasteiger partial charge in [-0.3, -0.25) is 4.79 Å². The van der Waals surface area contributed by atoms with E-state index in [2.05, 4.69) is 22.0 Å². The van der Waals surface area contributed by atoms with Gasteiger partial charge in [0.2, 0.25) is 0 Å². The van der Waals surface area contributed by atoms with Gasteiger partial charge in [0.1, 0.15) is 0 Å². The summed E-state index contributed by atoms with van der Waals surface area (Å²) in [6, 6.07) is 10.3. The summed E-state index contributed by atoms with van der Waals surface area (Å²) in [6.07, 6.45) is 3.83. The zero-order chi connectivity index (χ0) is 14.5. The number of morpholine rings is 1. The SMILES string of the molecule is O=C1N=C(N2CCOCC2)SC1=CCCc1ccccc1. The Morgan fingerprint density at radius 1 is 1.24 bits per heavy atom. The normalized spacial score (nSPS) is 21.0. The van der Waals surface area contributed by atoms with Gasteiger partial charge in [-0.05, 0) is 30.2 Å². The van der Waals surface area contributed by atoms with Crippen molar-refractivity contribution in [1.29, 1.82) is 0 Å². The van der Waals surface area contributed by atoms with Gasteiger partial charge in [0, 0.05) is 13.1 Å². The highest BCUT2D eigenvalue weighted by molar-refractivity contribution is 8.18. The van der Waals surface area contributed by atoms with Crippen molar-refractivity contribution in [2.75, 3.05) is 26.3 Å². The van der Waals surface area contributed by atoms with E-state index in [0.29, 0.717) is 13.2 Å². The maximum Gasteiger partial charge on any atom is 0.285 e. The van der Waals surface area contributed by atoms with Crippen molar-refractivity contribution in [1.82, 2.24) is 4.90 Å². The number of benzene rings is 1. The van der Waals surface area contributed by atoms with Gasteiger partial charge in [0.15, 0.2) is 5.17 Å². The fourth-order valence-corrected chi connectivity index (χ4v) is 3.31.